The summed E-state index contributed by atoms with van der Waals surface area (Å²) in [5.74, 6) is 6.31. The molecule has 8 rings (SSSR count). The minimum Gasteiger partial charge on any atom is -0.383 e. The lowest BCUT2D eigenvalue weighted by Crippen LogP contribution is -2.48. The molecule has 0 bridgehead atoms. The highest BCUT2D eigenvalue weighted by atomic mass is 16.2. The number of nitrogens with zero attached hydrogens (tertiary/aromatic N) is 12. The smallest absolute Gasteiger partial charge is 0.328 e. The van der Waals surface area contributed by atoms with Gasteiger partial charge in [-0.3, -0.25) is 49.4 Å². The maximum atomic E-state index is 13.2. The molecule has 0 spiro atoms. The molecule has 0 aromatic carbocycles. The maximum absolute atomic E-state index is 13.2. The van der Waals surface area contributed by atoms with Crippen molar-refractivity contribution < 1.29 is 28.8 Å². The molecule has 2 fully saturated rings. The number of aromatic nitrogens is 4. The Hall–Kier alpha value is -8.96. The van der Waals surface area contributed by atoms with E-state index in [4.69, 9.17) is 12.8 Å². The number of urea groups is 2. The third-order valence-corrected chi connectivity index (χ3v) is 12.5. The summed E-state index contributed by atoms with van der Waals surface area (Å²) in [6, 6.07) is 10.1. The van der Waals surface area contributed by atoms with Crippen LogP contribution < -0.4 is 31.1 Å². The van der Waals surface area contributed by atoms with Crippen molar-refractivity contribution in [3.63, 3.8) is 0 Å². The van der Waals surface area contributed by atoms with E-state index in [9.17, 15) is 39.3 Å². The average molecular weight is 987 g/mol. The minimum atomic E-state index is -0.456. The number of hydrogen-bond acceptors (Lipinski definition) is 16. The monoisotopic (exact) mass is 986 g/mol. The van der Waals surface area contributed by atoms with E-state index in [-0.39, 0.29) is 41.4 Å². The van der Waals surface area contributed by atoms with Gasteiger partial charge in [-0.2, -0.15) is 10.5 Å². The molecule has 4 N–H and O–H groups in total. The van der Waals surface area contributed by atoms with Gasteiger partial charge in [0.2, 0.25) is 11.8 Å². The number of piperazine rings is 2. The number of likely N-dealkylation sites (N-methyl/N-ethyl adjacent to an activating group) is 2. The molecule has 73 heavy (non-hydrogen) atoms. The highest BCUT2D eigenvalue weighted by Gasteiger charge is 2.30. The number of rotatable bonds is 13. The topological polar surface area (TPSA) is 269 Å². The summed E-state index contributed by atoms with van der Waals surface area (Å²) in [4.78, 5) is 103. The number of fused-ring (bicyclic) bond motifs is 2. The van der Waals surface area contributed by atoms with Gasteiger partial charge in [-0.15, -0.1) is 18.8 Å². The number of amides is 6. The van der Waals surface area contributed by atoms with Crippen molar-refractivity contribution in [1.29, 1.82) is 10.5 Å². The van der Waals surface area contributed by atoms with Crippen LogP contribution in [0.2, 0.25) is 0 Å². The Labute approximate surface area is 422 Å². The van der Waals surface area contributed by atoms with Crippen LogP contribution in [0.4, 0.5) is 44.2 Å². The van der Waals surface area contributed by atoms with Crippen molar-refractivity contribution in [2.45, 2.75) is 45.2 Å². The normalized spacial score (nSPS) is 15.4. The molecule has 4 aromatic rings. The second-order valence-corrected chi connectivity index (χ2v) is 17.6. The van der Waals surface area contributed by atoms with Crippen molar-refractivity contribution in [3.05, 3.63) is 81.4 Å². The van der Waals surface area contributed by atoms with Crippen LogP contribution in [-0.4, -0.2) is 156 Å². The standard InChI is InChI=1S/C26H28N8O3.C25H26N8O3/c1-3-4-7-28-21-12-23(29-14-20(21)13-27)31-26(37)34-8-5-6-18-11-19(22(17-35)30-25(18)34)15-33-10-9-32(2)16-24(33)36;1-3-6-27-20-11-22(28-13-19(20)12-26)30-25(36)33-7-4-5-17-10-18(21(16-34)29-24(17)33)14-32-9-8-31(2)15-23(32)35/h1,11-12,14,17H,4-10,15-16H2,2H3,(H2,28,29,31,37);1,10-11,13,16H,4-9,14-15H2,2H3,(H2,27,28,30,36). The molecule has 0 atom stereocenters. The van der Waals surface area contributed by atoms with Crippen molar-refractivity contribution in [2.24, 2.45) is 0 Å². The number of aldehydes is 2. The Morgan fingerprint density at radius 2 is 1.14 bits per heavy atom. The number of terminal acetylenes is 2. The zero-order chi connectivity index (χ0) is 52.0. The van der Waals surface area contributed by atoms with Crippen LogP contribution in [0.15, 0.2) is 36.7 Å². The third kappa shape index (κ3) is 12.7. The van der Waals surface area contributed by atoms with E-state index >= 15 is 0 Å². The Balaban J connectivity index is 0.000000214. The average Bonchev–Trinajstić information content (AvgIpc) is 3.39. The van der Waals surface area contributed by atoms with Gasteiger partial charge in [0, 0.05) is 101 Å². The predicted molar refractivity (Wildman–Crippen MR) is 272 cm³/mol. The number of carbonyl (C=O) groups is 6. The van der Waals surface area contributed by atoms with E-state index in [1.54, 1.807) is 21.9 Å². The molecule has 22 heteroatoms. The van der Waals surface area contributed by atoms with Crippen LogP contribution in [0.25, 0.3) is 0 Å². The number of anilines is 6. The van der Waals surface area contributed by atoms with E-state index in [1.165, 1.54) is 22.2 Å². The number of pyridine rings is 4. The molecule has 374 valence electrons. The summed E-state index contributed by atoms with van der Waals surface area (Å²) < 4.78 is 0. The fourth-order valence-electron chi connectivity index (χ4n) is 8.65. The van der Waals surface area contributed by atoms with E-state index in [0.717, 1.165) is 30.6 Å². The molecule has 4 aliphatic heterocycles. The van der Waals surface area contributed by atoms with Gasteiger partial charge in [0.25, 0.3) is 0 Å². The van der Waals surface area contributed by atoms with Crippen LogP contribution in [0, 0.1) is 47.3 Å². The largest absolute Gasteiger partial charge is 0.383 e. The van der Waals surface area contributed by atoms with Gasteiger partial charge in [0.15, 0.2) is 12.6 Å². The summed E-state index contributed by atoms with van der Waals surface area (Å²) >= 11 is 0. The molecule has 0 saturated carbocycles. The number of nitrogens with one attached hydrogen (secondary N) is 4. The van der Waals surface area contributed by atoms with Gasteiger partial charge in [-0.05, 0) is 63.0 Å². The van der Waals surface area contributed by atoms with Crippen molar-refractivity contribution in [1.82, 2.24) is 39.5 Å². The molecule has 0 unspecified atom stereocenters. The van der Waals surface area contributed by atoms with Gasteiger partial charge < -0.3 is 20.4 Å². The molecule has 0 aliphatic carbocycles. The van der Waals surface area contributed by atoms with Crippen LogP contribution in [0.5, 0.6) is 0 Å². The first-order chi connectivity index (χ1) is 35.4. The molecule has 4 aliphatic rings. The fourth-order valence-corrected chi connectivity index (χ4v) is 8.65. The summed E-state index contributed by atoms with van der Waals surface area (Å²) in [6.07, 6.45) is 18.0. The Morgan fingerprint density at radius 1 is 0.671 bits per heavy atom. The van der Waals surface area contributed by atoms with E-state index in [0.29, 0.717) is 142 Å². The van der Waals surface area contributed by atoms with Gasteiger partial charge in [0.1, 0.15) is 46.8 Å². The second kappa shape index (κ2) is 24.2. The predicted octanol–water partition coefficient (Wildman–Crippen LogP) is 3.32. The first-order valence-corrected chi connectivity index (χ1v) is 23.6. The van der Waals surface area contributed by atoms with Crippen LogP contribution in [0.1, 0.15) is 73.6 Å². The Bertz CT molecular complexity index is 2970. The molecular weight excluding hydrogens is 933 g/mol. The van der Waals surface area contributed by atoms with E-state index < -0.39 is 12.1 Å². The van der Waals surface area contributed by atoms with Crippen molar-refractivity contribution in [2.75, 3.05) is 111 Å². The van der Waals surface area contributed by atoms with Gasteiger partial charge >= 0.3 is 12.1 Å². The van der Waals surface area contributed by atoms with Crippen molar-refractivity contribution in [3.8, 4) is 36.8 Å². The SMILES string of the molecule is C#CCCNc1cc(NC(=O)N2CCCc3cc(CN4CCN(C)CC4=O)c(C=O)nc32)ncc1C#N.C#CCNc1cc(NC(=O)N2CCCc3cc(CN4CCN(C)CC4=O)c(C=O)nc32)ncc1C#N. The van der Waals surface area contributed by atoms with E-state index in [1.807, 2.05) is 42.1 Å². The first kappa shape index (κ1) is 51.9. The summed E-state index contributed by atoms with van der Waals surface area (Å²) in [5.41, 5.74) is 5.05. The lowest BCUT2D eigenvalue weighted by atomic mass is 10.0. The molecule has 0 radical (unpaired) electrons. The summed E-state index contributed by atoms with van der Waals surface area (Å²) in [7, 11) is 3.80. The number of hydrogen-bond donors (Lipinski definition) is 4. The van der Waals surface area contributed by atoms with Crippen molar-refractivity contribution >= 4 is 71.1 Å². The molecular formula is C51H54N16O6. The Kier molecular flexibility index (Phi) is 17.2. The molecule has 6 amide bonds. The van der Waals surface area contributed by atoms with Crippen LogP contribution in [0.3, 0.4) is 0 Å². The molecule has 4 aromatic heterocycles. The number of nitriles is 2. The first-order valence-electron chi connectivity index (χ1n) is 23.6. The second-order valence-electron chi connectivity index (χ2n) is 17.6. The summed E-state index contributed by atoms with van der Waals surface area (Å²) in [6.45, 7) is 5.49. The number of aryl methyl sites for hydroxylation is 2. The fraction of sp³-hybridized carbons (Fsp3) is 0.373. The minimum absolute atomic E-state index is 0.00495. The molecule has 22 nitrogen and oxygen atoms in total. The quantitative estimate of drug-likeness (QED) is 0.0850. The van der Waals surface area contributed by atoms with Crippen LogP contribution in [-0.2, 0) is 35.5 Å². The summed E-state index contributed by atoms with van der Waals surface area (Å²) in [5, 5.41) is 30.1. The lowest BCUT2D eigenvalue weighted by Gasteiger charge is -2.33. The maximum Gasteiger partial charge on any atom is 0.328 e. The molecule has 2 saturated heterocycles. The highest BCUT2D eigenvalue weighted by molar-refractivity contribution is 6.03. The number of carbonyl (C=O) groups excluding carboxylic acids is 6. The van der Waals surface area contributed by atoms with Gasteiger partial charge in [-0.25, -0.2) is 29.5 Å². The highest BCUT2D eigenvalue weighted by Crippen LogP contribution is 2.31. The van der Waals surface area contributed by atoms with Gasteiger partial charge in [0.05, 0.1) is 42.1 Å². The van der Waals surface area contributed by atoms with Gasteiger partial charge in [-0.1, -0.05) is 5.92 Å². The van der Waals surface area contributed by atoms with E-state index in [2.05, 4.69) is 59.1 Å². The van der Waals surface area contributed by atoms with Crippen LogP contribution >= 0.6 is 0 Å². The lowest BCUT2D eigenvalue weighted by molar-refractivity contribution is -0.136. The zero-order valence-electron chi connectivity index (χ0n) is 40.6. The molecule has 8 heterocycles. The zero-order valence-corrected chi connectivity index (χ0v) is 40.6. The Morgan fingerprint density at radius 3 is 1.55 bits per heavy atom. The third-order valence-electron chi connectivity index (χ3n) is 12.5.